The largest absolute Gasteiger partial charge is 0.328 e. The molecule has 0 aliphatic heterocycles. The number of nitrogens with one attached hydrogen (secondary N) is 1. The average Bonchev–Trinajstić information content (AvgIpc) is 3.32. The Morgan fingerprint density at radius 2 is 0.661 bits per heavy atom. The zero-order valence-electron chi connectivity index (χ0n) is 32.3. The second-order valence-electron chi connectivity index (χ2n) is 14.9. The molecule has 0 heterocycles. The predicted molar refractivity (Wildman–Crippen MR) is 249 cm³/mol. The predicted octanol–water partition coefficient (Wildman–Crippen LogP) is 15.2. The van der Waals surface area contributed by atoms with Crippen LogP contribution in [-0.4, -0.2) is 6.41 Å². The molecule has 2 nitrogen and oxygen atoms in total. The van der Waals surface area contributed by atoms with Crippen molar-refractivity contribution >= 4 is 33.6 Å². The minimum absolute atomic E-state index is 0.758. The lowest BCUT2D eigenvalue weighted by Gasteiger charge is -2.20. The summed E-state index contributed by atoms with van der Waals surface area (Å²) in [7, 11) is 0. The van der Waals surface area contributed by atoms with Crippen LogP contribution in [-0.2, 0) is 4.79 Å². The maximum atomic E-state index is 11.9. The Bertz CT molecular complexity index is 3100. The van der Waals surface area contributed by atoms with Gasteiger partial charge in [0.25, 0.3) is 0 Å². The number of carbonyl (C=O) groups is 1. The number of hydrogen-bond donors (Lipinski definition) is 1. The van der Waals surface area contributed by atoms with Crippen molar-refractivity contribution in [2.24, 2.45) is 0 Å². The molecular formula is C57H39NO. The smallest absolute Gasteiger partial charge is 0.211 e. The van der Waals surface area contributed by atoms with Crippen LogP contribution in [0.15, 0.2) is 224 Å². The molecule has 0 fully saturated rings. The summed E-state index contributed by atoms with van der Waals surface area (Å²) in [5.41, 5.74) is 16.7. The van der Waals surface area contributed by atoms with Crippen LogP contribution >= 0.6 is 0 Å². The van der Waals surface area contributed by atoms with E-state index in [-0.39, 0.29) is 0 Å². The van der Waals surface area contributed by atoms with Gasteiger partial charge in [-0.3, -0.25) is 4.79 Å². The summed E-state index contributed by atoms with van der Waals surface area (Å²) in [5, 5.41) is 7.77. The summed E-state index contributed by atoms with van der Waals surface area (Å²) in [6.45, 7) is 0. The molecule has 0 aromatic heterocycles. The average molecular weight is 754 g/mol. The third kappa shape index (κ3) is 6.77. The van der Waals surface area contributed by atoms with E-state index < -0.39 is 0 Å². The molecule has 1 N–H and O–H groups in total. The number of hydrogen-bond acceptors (Lipinski definition) is 1. The Morgan fingerprint density at radius 3 is 1.22 bits per heavy atom. The lowest BCUT2D eigenvalue weighted by molar-refractivity contribution is -0.105. The second-order valence-corrected chi connectivity index (χ2v) is 14.9. The highest BCUT2D eigenvalue weighted by Gasteiger charge is 2.19. The SMILES string of the molecule is O=CNc1ccc(-c2ccc3c(-c4ccc(-c5ccccc5)cc4)c4ccccc4c(-c4ccc(-c5ccccc5)cc4)c3c2)cc1-c1ccccc1-c1ccccc1. The zero-order valence-corrected chi connectivity index (χ0v) is 32.3. The Labute approximate surface area is 344 Å². The van der Waals surface area contributed by atoms with Crippen LogP contribution in [0.4, 0.5) is 5.69 Å². The summed E-state index contributed by atoms with van der Waals surface area (Å²) in [6.07, 6.45) is 0.758. The number of amides is 1. The molecule has 10 aromatic rings. The van der Waals surface area contributed by atoms with Gasteiger partial charge >= 0.3 is 0 Å². The van der Waals surface area contributed by atoms with Gasteiger partial charge in [0.05, 0.1) is 0 Å². The maximum absolute atomic E-state index is 11.9. The topological polar surface area (TPSA) is 29.1 Å². The highest BCUT2D eigenvalue weighted by atomic mass is 16.1. The van der Waals surface area contributed by atoms with Crippen LogP contribution in [0.5, 0.6) is 0 Å². The van der Waals surface area contributed by atoms with E-state index in [1.807, 2.05) is 12.1 Å². The molecule has 0 atom stereocenters. The van der Waals surface area contributed by atoms with Gasteiger partial charge in [0.1, 0.15) is 0 Å². The van der Waals surface area contributed by atoms with Crippen LogP contribution in [0, 0.1) is 0 Å². The van der Waals surface area contributed by atoms with Crippen molar-refractivity contribution in [1.29, 1.82) is 0 Å². The minimum atomic E-state index is 0.758. The number of benzene rings is 10. The fraction of sp³-hybridized carbons (Fsp3) is 0. The normalized spacial score (nSPS) is 11.1. The van der Waals surface area contributed by atoms with E-state index >= 15 is 0 Å². The molecule has 0 aliphatic carbocycles. The maximum Gasteiger partial charge on any atom is 0.211 e. The molecule has 0 unspecified atom stereocenters. The molecule has 10 rings (SSSR count). The first-order valence-corrected chi connectivity index (χ1v) is 20.0. The Morgan fingerprint density at radius 1 is 0.271 bits per heavy atom. The van der Waals surface area contributed by atoms with E-state index in [9.17, 15) is 4.79 Å². The Balaban J connectivity index is 1.19. The van der Waals surface area contributed by atoms with E-state index in [1.54, 1.807) is 0 Å². The van der Waals surface area contributed by atoms with Crippen LogP contribution in [0.25, 0.3) is 99.4 Å². The van der Waals surface area contributed by atoms with Gasteiger partial charge in [-0.15, -0.1) is 0 Å². The van der Waals surface area contributed by atoms with Gasteiger partial charge in [-0.25, -0.2) is 0 Å². The number of anilines is 1. The summed E-state index contributed by atoms with van der Waals surface area (Å²) in [4.78, 5) is 11.9. The first-order valence-electron chi connectivity index (χ1n) is 20.0. The molecule has 0 aliphatic rings. The molecule has 278 valence electrons. The summed E-state index contributed by atoms with van der Waals surface area (Å²) < 4.78 is 0. The number of fused-ring (bicyclic) bond motifs is 2. The molecule has 0 bridgehead atoms. The van der Waals surface area contributed by atoms with Gasteiger partial charge < -0.3 is 5.32 Å². The molecule has 0 spiro atoms. The highest BCUT2D eigenvalue weighted by Crippen LogP contribution is 2.46. The highest BCUT2D eigenvalue weighted by molar-refractivity contribution is 6.22. The third-order valence-corrected chi connectivity index (χ3v) is 11.5. The lowest BCUT2D eigenvalue weighted by Crippen LogP contribution is -1.98. The first-order chi connectivity index (χ1) is 29.2. The summed E-state index contributed by atoms with van der Waals surface area (Å²) >= 11 is 0. The number of carbonyl (C=O) groups excluding carboxylic acids is 1. The van der Waals surface area contributed by atoms with E-state index in [1.165, 1.54) is 60.5 Å². The summed E-state index contributed by atoms with van der Waals surface area (Å²) in [5.74, 6) is 0. The molecule has 59 heavy (non-hydrogen) atoms. The Kier molecular flexibility index (Phi) is 9.42. The van der Waals surface area contributed by atoms with Crippen molar-refractivity contribution in [3.63, 3.8) is 0 Å². The van der Waals surface area contributed by atoms with E-state index in [0.29, 0.717) is 0 Å². The van der Waals surface area contributed by atoms with Crippen LogP contribution in [0.3, 0.4) is 0 Å². The van der Waals surface area contributed by atoms with Gasteiger partial charge in [-0.05, 0) is 112 Å². The van der Waals surface area contributed by atoms with E-state index in [0.717, 1.165) is 51.0 Å². The van der Waals surface area contributed by atoms with Gasteiger partial charge in [0, 0.05) is 11.3 Å². The second kappa shape index (κ2) is 15.6. The van der Waals surface area contributed by atoms with Gasteiger partial charge in [0.15, 0.2) is 0 Å². The fourth-order valence-corrected chi connectivity index (χ4v) is 8.62. The molecule has 0 saturated carbocycles. The molecule has 0 saturated heterocycles. The lowest BCUT2D eigenvalue weighted by atomic mass is 9.84. The van der Waals surface area contributed by atoms with Crippen LogP contribution in [0.2, 0.25) is 0 Å². The zero-order chi connectivity index (χ0) is 39.5. The quantitative estimate of drug-likeness (QED) is 0.115. The van der Waals surface area contributed by atoms with Gasteiger partial charge in [0.2, 0.25) is 6.41 Å². The molecule has 10 aromatic carbocycles. The van der Waals surface area contributed by atoms with Crippen molar-refractivity contribution in [2.45, 2.75) is 0 Å². The molecule has 1 amide bonds. The standard InChI is InChI=1S/C57H39NO/c59-38-58-55-35-33-47(36-53(55)49-21-11-10-20-48(49)43-18-8-3-9-19-43)46-32-34-52-54(37-46)57(45-30-26-42(27-31-45)40-16-6-2-7-17-40)51-23-13-12-22-50(51)56(52)44-28-24-41(25-29-44)39-14-4-1-5-15-39/h1-38H,(H,58,59). The first kappa shape index (κ1) is 35.6. The minimum Gasteiger partial charge on any atom is -0.328 e. The van der Waals surface area contributed by atoms with Crippen molar-refractivity contribution < 1.29 is 4.79 Å². The van der Waals surface area contributed by atoms with Crippen LogP contribution < -0.4 is 5.32 Å². The van der Waals surface area contributed by atoms with E-state index in [4.69, 9.17) is 0 Å². The molecule has 2 heteroatoms. The fourth-order valence-electron chi connectivity index (χ4n) is 8.62. The molecular weight excluding hydrogens is 715 g/mol. The van der Waals surface area contributed by atoms with Gasteiger partial charge in [-0.1, -0.05) is 206 Å². The Hall–Kier alpha value is -7.81. The van der Waals surface area contributed by atoms with Crippen molar-refractivity contribution in [1.82, 2.24) is 0 Å². The van der Waals surface area contributed by atoms with Crippen LogP contribution in [0.1, 0.15) is 0 Å². The monoisotopic (exact) mass is 753 g/mol. The van der Waals surface area contributed by atoms with Crippen molar-refractivity contribution in [3.8, 4) is 77.9 Å². The molecule has 0 radical (unpaired) electrons. The van der Waals surface area contributed by atoms with Crippen molar-refractivity contribution in [3.05, 3.63) is 224 Å². The van der Waals surface area contributed by atoms with Gasteiger partial charge in [-0.2, -0.15) is 0 Å². The summed E-state index contributed by atoms with van der Waals surface area (Å²) in [6, 6.07) is 80.0. The number of rotatable bonds is 9. The third-order valence-electron chi connectivity index (χ3n) is 11.5. The van der Waals surface area contributed by atoms with E-state index in [2.05, 4.69) is 218 Å². The van der Waals surface area contributed by atoms with Crippen molar-refractivity contribution in [2.75, 3.05) is 5.32 Å².